The number of nitrogens with zero attached hydrogens (tertiary/aromatic N) is 2. The SMILES string of the molecule is Clc1nc(C2CCCO2)nc2c1COCC2. The van der Waals surface area contributed by atoms with E-state index in [1.165, 1.54) is 0 Å². The summed E-state index contributed by atoms with van der Waals surface area (Å²) in [4.78, 5) is 8.87. The second-order valence-corrected chi connectivity index (χ2v) is 4.46. The van der Waals surface area contributed by atoms with Crippen molar-refractivity contribution in [3.63, 3.8) is 0 Å². The Morgan fingerprint density at radius 3 is 3.00 bits per heavy atom. The van der Waals surface area contributed by atoms with E-state index in [1.54, 1.807) is 0 Å². The standard InChI is InChI=1S/C11H13ClN2O2/c12-10-7-6-15-5-3-8(7)13-11(14-10)9-2-1-4-16-9/h9H,1-6H2. The van der Waals surface area contributed by atoms with Crippen LogP contribution >= 0.6 is 11.6 Å². The van der Waals surface area contributed by atoms with E-state index in [9.17, 15) is 0 Å². The molecule has 16 heavy (non-hydrogen) atoms. The number of ether oxygens (including phenoxy) is 2. The zero-order valence-electron chi connectivity index (χ0n) is 8.91. The van der Waals surface area contributed by atoms with Crippen LogP contribution in [0.1, 0.15) is 36.0 Å². The average molecular weight is 241 g/mol. The van der Waals surface area contributed by atoms with E-state index in [0.717, 1.165) is 43.0 Å². The first kappa shape index (κ1) is 10.4. The highest BCUT2D eigenvalue weighted by molar-refractivity contribution is 6.30. The van der Waals surface area contributed by atoms with Crippen LogP contribution in [-0.2, 0) is 22.5 Å². The van der Waals surface area contributed by atoms with Gasteiger partial charge in [0.2, 0.25) is 0 Å². The molecule has 1 aromatic rings. The van der Waals surface area contributed by atoms with Crippen LogP contribution in [0.5, 0.6) is 0 Å². The number of aromatic nitrogens is 2. The lowest BCUT2D eigenvalue weighted by Crippen LogP contribution is -2.16. The highest BCUT2D eigenvalue weighted by atomic mass is 35.5. The van der Waals surface area contributed by atoms with Crippen molar-refractivity contribution in [1.29, 1.82) is 0 Å². The molecule has 0 spiro atoms. The molecule has 0 amide bonds. The van der Waals surface area contributed by atoms with Crippen molar-refractivity contribution in [2.24, 2.45) is 0 Å². The van der Waals surface area contributed by atoms with Gasteiger partial charge in [0.05, 0.1) is 18.9 Å². The van der Waals surface area contributed by atoms with E-state index in [0.29, 0.717) is 18.4 Å². The molecule has 3 rings (SSSR count). The van der Waals surface area contributed by atoms with E-state index < -0.39 is 0 Å². The summed E-state index contributed by atoms with van der Waals surface area (Å²) >= 11 is 6.14. The molecule has 1 fully saturated rings. The lowest BCUT2D eigenvalue weighted by atomic mass is 10.1. The largest absolute Gasteiger partial charge is 0.376 e. The molecule has 4 nitrogen and oxygen atoms in total. The predicted molar refractivity (Wildman–Crippen MR) is 58.3 cm³/mol. The molecule has 0 N–H and O–H groups in total. The minimum absolute atomic E-state index is 0.0330. The number of fused-ring (bicyclic) bond motifs is 1. The third kappa shape index (κ3) is 1.81. The van der Waals surface area contributed by atoms with Crippen LogP contribution in [0.2, 0.25) is 5.15 Å². The summed E-state index contributed by atoms with van der Waals surface area (Å²) in [7, 11) is 0. The number of hydrogen-bond acceptors (Lipinski definition) is 4. The fourth-order valence-corrected chi connectivity index (χ4v) is 2.39. The Bertz CT molecular complexity index is 405. The van der Waals surface area contributed by atoms with E-state index in [1.807, 2.05) is 0 Å². The van der Waals surface area contributed by atoms with Crippen LogP contribution in [0, 0.1) is 0 Å². The van der Waals surface area contributed by atoms with Crippen LogP contribution in [0.25, 0.3) is 0 Å². The molecule has 86 valence electrons. The van der Waals surface area contributed by atoms with Crippen LogP contribution in [0.4, 0.5) is 0 Å². The quantitative estimate of drug-likeness (QED) is 0.705. The molecule has 1 atom stereocenters. The fraction of sp³-hybridized carbons (Fsp3) is 0.636. The fourth-order valence-electron chi connectivity index (χ4n) is 2.14. The van der Waals surface area contributed by atoms with Gasteiger partial charge in [-0.15, -0.1) is 0 Å². The summed E-state index contributed by atoms with van der Waals surface area (Å²) in [6.07, 6.45) is 2.92. The maximum absolute atomic E-state index is 6.14. The molecule has 0 aliphatic carbocycles. The Morgan fingerprint density at radius 1 is 1.25 bits per heavy atom. The number of rotatable bonds is 1. The highest BCUT2D eigenvalue weighted by Crippen LogP contribution is 2.29. The van der Waals surface area contributed by atoms with Crippen molar-refractivity contribution >= 4 is 11.6 Å². The van der Waals surface area contributed by atoms with Gasteiger partial charge in [-0.05, 0) is 12.8 Å². The molecular weight excluding hydrogens is 228 g/mol. The highest BCUT2D eigenvalue weighted by Gasteiger charge is 2.24. The summed E-state index contributed by atoms with van der Waals surface area (Å²) in [6.45, 7) is 2.04. The first-order valence-corrected chi connectivity index (χ1v) is 5.97. The minimum Gasteiger partial charge on any atom is -0.376 e. The molecule has 5 heteroatoms. The molecular formula is C11H13ClN2O2. The molecule has 0 bridgehead atoms. The van der Waals surface area contributed by atoms with Gasteiger partial charge in [0.1, 0.15) is 11.3 Å². The van der Waals surface area contributed by atoms with Gasteiger partial charge in [0, 0.05) is 18.6 Å². The molecule has 0 saturated carbocycles. The third-order valence-electron chi connectivity index (χ3n) is 3.01. The Kier molecular flexibility index (Phi) is 2.79. The first-order chi connectivity index (χ1) is 7.84. The average Bonchev–Trinajstić information content (AvgIpc) is 2.82. The molecule has 1 aromatic heterocycles. The van der Waals surface area contributed by atoms with E-state index >= 15 is 0 Å². The third-order valence-corrected chi connectivity index (χ3v) is 3.32. The van der Waals surface area contributed by atoms with Gasteiger partial charge >= 0.3 is 0 Å². The summed E-state index contributed by atoms with van der Waals surface area (Å²) in [5.41, 5.74) is 1.96. The van der Waals surface area contributed by atoms with Crippen LogP contribution < -0.4 is 0 Å². The van der Waals surface area contributed by atoms with Crippen molar-refractivity contribution in [2.75, 3.05) is 13.2 Å². The monoisotopic (exact) mass is 240 g/mol. The molecule has 1 saturated heterocycles. The van der Waals surface area contributed by atoms with Crippen molar-refractivity contribution in [2.45, 2.75) is 32.0 Å². The Hall–Kier alpha value is -0.710. The van der Waals surface area contributed by atoms with Crippen LogP contribution in [0.3, 0.4) is 0 Å². The first-order valence-electron chi connectivity index (χ1n) is 5.59. The molecule has 0 radical (unpaired) electrons. The Balaban J connectivity index is 1.97. The van der Waals surface area contributed by atoms with Crippen molar-refractivity contribution in [1.82, 2.24) is 9.97 Å². The van der Waals surface area contributed by atoms with Gasteiger partial charge in [0.25, 0.3) is 0 Å². The smallest absolute Gasteiger partial charge is 0.159 e. The maximum Gasteiger partial charge on any atom is 0.159 e. The summed E-state index contributed by atoms with van der Waals surface area (Å²) in [6, 6.07) is 0. The topological polar surface area (TPSA) is 44.2 Å². The molecule has 2 aliphatic heterocycles. The summed E-state index contributed by atoms with van der Waals surface area (Å²) in [5, 5.41) is 0.523. The van der Waals surface area contributed by atoms with Crippen molar-refractivity contribution in [3.8, 4) is 0 Å². The second-order valence-electron chi connectivity index (χ2n) is 4.10. The van der Waals surface area contributed by atoms with Crippen LogP contribution in [-0.4, -0.2) is 23.2 Å². The minimum atomic E-state index is 0.0330. The van der Waals surface area contributed by atoms with Crippen LogP contribution in [0.15, 0.2) is 0 Å². The lowest BCUT2D eigenvalue weighted by Gasteiger charge is -2.18. The predicted octanol–water partition coefficient (Wildman–Crippen LogP) is 2.05. The normalized spacial score (nSPS) is 24.4. The van der Waals surface area contributed by atoms with Crippen molar-refractivity contribution < 1.29 is 9.47 Å². The zero-order chi connectivity index (χ0) is 11.0. The van der Waals surface area contributed by atoms with Gasteiger partial charge in [-0.1, -0.05) is 11.6 Å². The molecule has 0 aromatic carbocycles. The molecule has 1 unspecified atom stereocenters. The van der Waals surface area contributed by atoms with E-state index in [2.05, 4.69) is 9.97 Å². The van der Waals surface area contributed by atoms with Gasteiger partial charge < -0.3 is 9.47 Å². The van der Waals surface area contributed by atoms with Crippen molar-refractivity contribution in [3.05, 3.63) is 22.2 Å². The van der Waals surface area contributed by atoms with Gasteiger partial charge in [-0.2, -0.15) is 0 Å². The zero-order valence-corrected chi connectivity index (χ0v) is 9.66. The second kappa shape index (κ2) is 4.28. The van der Waals surface area contributed by atoms with Gasteiger partial charge in [-0.25, -0.2) is 9.97 Å². The Morgan fingerprint density at radius 2 is 2.19 bits per heavy atom. The number of halogens is 1. The van der Waals surface area contributed by atoms with E-state index in [4.69, 9.17) is 21.1 Å². The van der Waals surface area contributed by atoms with Gasteiger partial charge in [-0.3, -0.25) is 0 Å². The molecule has 2 aliphatic rings. The number of hydrogen-bond donors (Lipinski definition) is 0. The Labute approximate surface area is 98.9 Å². The summed E-state index contributed by atoms with van der Waals surface area (Å²) < 4.78 is 10.9. The van der Waals surface area contributed by atoms with Gasteiger partial charge in [0.15, 0.2) is 5.82 Å². The maximum atomic E-state index is 6.14. The lowest BCUT2D eigenvalue weighted by molar-refractivity contribution is 0.0986. The molecule has 3 heterocycles. The van der Waals surface area contributed by atoms with E-state index in [-0.39, 0.29) is 6.10 Å². The summed E-state index contributed by atoms with van der Waals surface area (Å²) in [5.74, 6) is 0.739.